The molecule has 1 nitrogen and oxygen atoms in total. The highest BCUT2D eigenvalue weighted by atomic mass is 35.5. The zero-order valence-electron chi connectivity index (χ0n) is 10.2. The molecule has 0 saturated carbocycles. The highest BCUT2D eigenvalue weighted by molar-refractivity contribution is 8.00. The fourth-order valence-electron chi connectivity index (χ4n) is 1.37. The molecule has 3 heteroatoms. The van der Waals surface area contributed by atoms with Crippen molar-refractivity contribution < 1.29 is 0 Å². The van der Waals surface area contributed by atoms with Crippen molar-refractivity contribution in [1.29, 1.82) is 0 Å². The van der Waals surface area contributed by atoms with Crippen LogP contribution in [0.5, 0.6) is 0 Å². The molecular weight excluding hydrogens is 238 g/mol. The van der Waals surface area contributed by atoms with Crippen molar-refractivity contribution >= 4 is 23.4 Å². The van der Waals surface area contributed by atoms with Crippen molar-refractivity contribution in [2.24, 2.45) is 0 Å². The molecule has 90 valence electrons. The topological polar surface area (TPSA) is 12.0 Å². The maximum atomic E-state index is 6.24. The summed E-state index contributed by atoms with van der Waals surface area (Å²) in [4.78, 5) is 1.31. The van der Waals surface area contributed by atoms with Crippen LogP contribution in [-0.2, 0) is 6.54 Å². The summed E-state index contributed by atoms with van der Waals surface area (Å²) in [7, 11) is 0. The fraction of sp³-hybridized carbons (Fsp3) is 0.538. The molecule has 1 atom stereocenters. The maximum Gasteiger partial charge on any atom is 0.0462 e. The Kier molecular flexibility index (Phi) is 6.25. The molecule has 16 heavy (non-hydrogen) atoms. The van der Waals surface area contributed by atoms with Gasteiger partial charge in [0.1, 0.15) is 0 Å². The van der Waals surface area contributed by atoms with Crippen molar-refractivity contribution in [1.82, 2.24) is 5.32 Å². The first-order valence-corrected chi connectivity index (χ1v) is 7.09. The van der Waals surface area contributed by atoms with Gasteiger partial charge in [-0.1, -0.05) is 38.4 Å². The van der Waals surface area contributed by atoms with Gasteiger partial charge in [0.25, 0.3) is 0 Å². The number of hydrogen-bond acceptors (Lipinski definition) is 2. The average molecular weight is 258 g/mol. The molecule has 0 radical (unpaired) electrons. The molecule has 1 aromatic rings. The van der Waals surface area contributed by atoms with Crippen molar-refractivity contribution in [3.8, 4) is 0 Å². The average Bonchev–Trinajstić information content (AvgIpc) is 2.28. The third kappa shape index (κ3) is 4.00. The van der Waals surface area contributed by atoms with E-state index in [4.69, 9.17) is 11.6 Å². The van der Waals surface area contributed by atoms with E-state index in [-0.39, 0.29) is 0 Å². The van der Waals surface area contributed by atoms with Gasteiger partial charge in [0, 0.05) is 21.7 Å². The van der Waals surface area contributed by atoms with E-state index in [2.05, 4.69) is 32.2 Å². The van der Waals surface area contributed by atoms with Gasteiger partial charge in [0.15, 0.2) is 0 Å². The molecule has 0 bridgehead atoms. The predicted octanol–water partition coefficient (Wildman–Crippen LogP) is 4.34. The van der Waals surface area contributed by atoms with E-state index in [1.54, 1.807) is 0 Å². The third-order valence-corrected chi connectivity index (χ3v) is 4.26. The van der Waals surface area contributed by atoms with Crippen molar-refractivity contribution in [3.05, 3.63) is 28.8 Å². The van der Waals surface area contributed by atoms with E-state index >= 15 is 0 Å². The first-order chi connectivity index (χ1) is 7.69. The summed E-state index contributed by atoms with van der Waals surface area (Å²) in [5, 5.41) is 4.85. The number of nitrogens with one attached hydrogen (secondary N) is 1. The van der Waals surface area contributed by atoms with Crippen LogP contribution in [0.25, 0.3) is 0 Å². The number of rotatable bonds is 6. The molecular formula is C13H20ClNS. The highest BCUT2D eigenvalue weighted by Gasteiger charge is 2.09. The summed E-state index contributed by atoms with van der Waals surface area (Å²) in [5.74, 6) is 0. The number of halogens is 1. The predicted molar refractivity (Wildman–Crippen MR) is 74.4 cm³/mol. The van der Waals surface area contributed by atoms with Crippen LogP contribution in [0, 0.1) is 0 Å². The SMILES string of the molecule is CCNCc1c(Cl)cccc1SC(C)CC. The van der Waals surface area contributed by atoms with Gasteiger partial charge in [-0.15, -0.1) is 11.8 Å². The normalized spacial score (nSPS) is 12.8. The summed E-state index contributed by atoms with van der Waals surface area (Å²) in [5.41, 5.74) is 1.23. The Hall–Kier alpha value is -0.180. The van der Waals surface area contributed by atoms with Crippen LogP contribution in [0.1, 0.15) is 32.8 Å². The van der Waals surface area contributed by atoms with Crippen molar-refractivity contribution in [2.45, 2.75) is 43.9 Å². The first-order valence-electron chi connectivity index (χ1n) is 5.83. The summed E-state index contributed by atoms with van der Waals surface area (Å²) < 4.78 is 0. The fourth-order valence-corrected chi connectivity index (χ4v) is 2.75. The lowest BCUT2D eigenvalue weighted by molar-refractivity contribution is 0.717. The Balaban J connectivity index is 2.84. The second kappa shape index (κ2) is 7.21. The molecule has 0 fully saturated rings. The van der Waals surface area contributed by atoms with E-state index in [9.17, 15) is 0 Å². The van der Waals surface area contributed by atoms with Crippen molar-refractivity contribution in [2.75, 3.05) is 6.54 Å². The third-order valence-electron chi connectivity index (χ3n) is 2.53. The van der Waals surface area contributed by atoms with E-state index in [0.29, 0.717) is 5.25 Å². The van der Waals surface area contributed by atoms with Crippen LogP contribution in [0.2, 0.25) is 5.02 Å². The monoisotopic (exact) mass is 257 g/mol. The van der Waals surface area contributed by atoms with E-state index in [0.717, 1.165) is 18.1 Å². The lowest BCUT2D eigenvalue weighted by Crippen LogP contribution is -2.13. The van der Waals surface area contributed by atoms with E-state index < -0.39 is 0 Å². The van der Waals surface area contributed by atoms with Crippen LogP contribution in [0.3, 0.4) is 0 Å². The van der Waals surface area contributed by atoms with Crippen LogP contribution in [0.4, 0.5) is 0 Å². The molecule has 1 rings (SSSR count). The van der Waals surface area contributed by atoms with Gasteiger partial charge < -0.3 is 5.32 Å². The molecule has 0 spiro atoms. The Labute approximate surface area is 108 Å². The molecule has 0 aliphatic rings. The van der Waals surface area contributed by atoms with E-state index in [1.807, 2.05) is 23.9 Å². The van der Waals surface area contributed by atoms with Crippen LogP contribution >= 0.6 is 23.4 Å². The summed E-state index contributed by atoms with van der Waals surface area (Å²) in [6, 6.07) is 6.16. The Morgan fingerprint density at radius 3 is 2.75 bits per heavy atom. The molecule has 0 heterocycles. The molecule has 0 aliphatic carbocycles. The van der Waals surface area contributed by atoms with Gasteiger partial charge >= 0.3 is 0 Å². The Morgan fingerprint density at radius 2 is 2.12 bits per heavy atom. The second-order valence-corrected chi connectivity index (χ2v) is 5.72. The summed E-state index contributed by atoms with van der Waals surface area (Å²) in [6.07, 6.45) is 1.18. The minimum atomic E-state index is 0.638. The van der Waals surface area contributed by atoms with Gasteiger partial charge in [0.05, 0.1) is 0 Å². The standard InChI is InChI=1S/C13H20ClNS/c1-4-10(3)16-13-8-6-7-12(14)11(13)9-15-5-2/h6-8,10,15H,4-5,9H2,1-3H3. The minimum Gasteiger partial charge on any atom is -0.313 e. The Bertz CT molecular complexity index is 328. The largest absolute Gasteiger partial charge is 0.313 e. The zero-order valence-corrected chi connectivity index (χ0v) is 11.8. The molecule has 0 aromatic heterocycles. The van der Waals surface area contributed by atoms with Gasteiger partial charge in [-0.25, -0.2) is 0 Å². The zero-order chi connectivity index (χ0) is 12.0. The minimum absolute atomic E-state index is 0.638. The van der Waals surface area contributed by atoms with Crippen LogP contribution in [0.15, 0.2) is 23.1 Å². The smallest absolute Gasteiger partial charge is 0.0462 e. The molecule has 0 amide bonds. The lowest BCUT2D eigenvalue weighted by atomic mass is 10.2. The van der Waals surface area contributed by atoms with Crippen LogP contribution in [-0.4, -0.2) is 11.8 Å². The number of thioether (sulfide) groups is 1. The molecule has 1 unspecified atom stereocenters. The van der Waals surface area contributed by atoms with Crippen LogP contribution < -0.4 is 5.32 Å². The Morgan fingerprint density at radius 1 is 1.38 bits per heavy atom. The van der Waals surface area contributed by atoms with E-state index in [1.165, 1.54) is 16.9 Å². The first kappa shape index (κ1) is 13.9. The molecule has 0 aliphatic heterocycles. The number of benzene rings is 1. The summed E-state index contributed by atoms with van der Waals surface area (Å²) >= 11 is 8.15. The molecule has 0 saturated heterocycles. The van der Waals surface area contributed by atoms with Gasteiger partial charge in [-0.3, -0.25) is 0 Å². The quantitative estimate of drug-likeness (QED) is 0.761. The maximum absolute atomic E-state index is 6.24. The van der Waals surface area contributed by atoms with Crippen molar-refractivity contribution in [3.63, 3.8) is 0 Å². The van der Waals surface area contributed by atoms with Gasteiger partial charge in [0.2, 0.25) is 0 Å². The molecule has 1 N–H and O–H groups in total. The molecule has 1 aromatic carbocycles. The highest BCUT2D eigenvalue weighted by Crippen LogP contribution is 2.32. The second-order valence-electron chi connectivity index (χ2n) is 3.83. The number of hydrogen-bond donors (Lipinski definition) is 1. The van der Waals surface area contributed by atoms with Gasteiger partial charge in [-0.2, -0.15) is 0 Å². The summed E-state index contributed by atoms with van der Waals surface area (Å²) in [6.45, 7) is 8.40. The van der Waals surface area contributed by atoms with Gasteiger partial charge in [-0.05, 0) is 30.7 Å². The lowest BCUT2D eigenvalue weighted by Gasteiger charge is -2.14.